The molecule has 3 nitrogen and oxygen atoms in total. The molecular formula is C17H27N3. The largest absolute Gasteiger partial charge is 0.385 e. The minimum atomic E-state index is 0.832. The van der Waals surface area contributed by atoms with Crippen molar-refractivity contribution in [1.29, 1.82) is 0 Å². The van der Waals surface area contributed by atoms with Crippen LogP contribution >= 0.6 is 0 Å². The molecule has 0 radical (unpaired) electrons. The normalized spacial score (nSPS) is 21.2. The third-order valence-electron chi connectivity index (χ3n) is 4.59. The Kier molecular flexibility index (Phi) is 4.93. The highest BCUT2D eigenvalue weighted by atomic mass is 15.1. The Hall–Kier alpha value is -1.06. The fraction of sp³-hybridized carbons (Fsp3) is 0.647. The highest BCUT2D eigenvalue weighted by molar-refractivity contribution is 5.45. The number of likely N-dealkylation sites (tertiary alicyclic amines) is 1. The van der Waals surface area contributed by atoms with Gasteiger partial charge in [0.1, 0.15) is 0 Å². The lowest BCUT2D eigenvalue weighted by Gasteiger charge is -2.23. The van der Waals surface area contributed by atoms with Gasteiger partial charge in [0.25, 0.3) is 0 Å². The topological polar surface area (TPSA) is 27.3 Å². The van der Waals surface area contributed by atoms with Gasteiger partial charge in [-0.3, -0.25) is 4.90 Å². The maximum Gasteiger partial charge on any atom is 0.0343 e. The van der Waals surface area contributed by atoms with Crippen LogP contribution in [0.3, 0.4) is 0 Å². The van der Waals surface area contributed by atoms with Crippen LogP contribution in [-0.2, 0) is 6.54 Å². The smallest absolute Gasteiger partial charge is 0.0343 e. The predicted molar refractivity (Wildman–Crippen MR) is 85.0 cm³/mol. The molecule has 3 heteroatoms. The van der Waals surface area contributed by atoms with Crippen molar-refractivity contribution in [3.05, 3.63) is 29.8 Å². The van der Waals surface area contributed by atoms with Gasteiger partial charge in [0.15, 0.2) is 0 Å². The second-order valence-electron chi connectivity index (χ2n) is 6.26. The minimum Gasteiger partial charge on any atom is -0.385 e. The zero-order valence-electron chi connectivity index (χ0n) is 12.4. The van der Waals surface area contributed by atoms with Crippen LogP contribution in [0.5, 0.6) is 0 Å². The number of hydrogen-bond acceptors (Lipinski definition) is 3. The highest BCUT2D eigenvalue weighted by Gasteiger charge is 2.13. The van der Waals surface area contributed by atoms with Gasteiger partial charge >= 0.3 is 0 Å². The van der Waals surface area contributed by atoms with Crippen LogP contribution in [0.4, 0.5) is 5.69 Å². The second kappa shape index (κ2) is 7.09. The standard InChI is InChI=1S/C17H27N3/c1-2-11-20(10-1)14-16-4-3-5-17(12-16)19-13-15-6-8-18-9-7-15/h3-5,12,15,18-19H,1-2,6-11,13-14H2. The van der Waals surface area contributed by atoms with Gasteiger partial charge in [-0.15, -0.1) is 0 Å². The lowest BCUT2D eigenvalue weighted by atomic mass is 9.98. The van der Waals surface area contributed by atoms with Crippen LogP contribution in [-0.4, -0.2) is 37.6 Å². The molecule has 2 fully saturated rings. The summed E-state index contributed by atoms with van der Waals surface area (Å²) in [4.78, 5) is 2.56. The van der Waals surface area contributed by atoms with E-state index in [1.807, 2.05) is 0 Å². The first-order valence-corrected chi connectivity index (χ1v) is 8.16. The van der Waals surface area contributed by atoms with Crippen molar-refractivity contribution in [2.45, 2.75) is 32.2 Å². The molecule has 2 aliphatic rings. The second-order valence-corrected chi connectivity index (χ2v) is 6.26. The summed E-state index contributed by atoms with van der Waals surface area (Å²) in [5, 5.41) is 7.06. The molecule has 2 aliphatic heterocycles. The number of benzene rings is 1. The molecule has 1 aromatic rings. The fourth-order valence-electron chi connectivity index (χ4n) is 3.33. The maximum absolute atomic E-state index is 3.63. The Morgan fingerprint density at radius 3 is 2.75 bits per heavy atom. The minimum absolute atomic E-state index is 0.832. The van der Waals surface area contributed by atoms with Crippen LogP contribution in [0.1, 0.15) is 31.2 Å². The monoisotopic (exact) mass is 273 g/mol. The van der Waals surface area contributed by atoms with Gasteiger partial charge in [-0.05, 0) is 75.5 Å². The zero-order chi connectivity index (χ0) is 13.6. The molecule has 0 amide bonds. The lowest BCUT2D eigenvalue weighted by molar-refractivity contribution is 0.331. The summed E-state index contributed by atoms with van der Waals surface area (Å²) < 4.78 is 0. The van der Waals surface area contributed by atoms with Gasteiger partial charge < -0.3 is 10.6 Å². The van der Waals surface area contributed by atoms with E-state index in [4.69, 9.17) is 0 Å². The summed E-state index contributed by atoms with van der Waals surface area (Å²) in [6.45, 7) is 7.14. The summed E-state index contributed by atoms with van der Waals surface area (Å²) in [5.74, 6) is 0.832. The van der Waals surface area contributed by atoms with Crippen molar-refractivity contribution in [2.75, 3.05) is 38.0 Å². The Morgan fingerprint density at radius 1 is 1.15 bits per heavy atom. The summed E-state index contributed by atoms with van der Waals surface area (Å²) in [5.41, 5.74) is 2.74. The third-order valence-corrected chi connectivity index (χ3v) is 4.59. The van der Waals surface area contributed by atoms with Crippen molar-refractivity contribution in [3.63, 3.8) is 0 Å². The first-order chi connectivity index (χ1) is 9.90. The molecule has 3 rings (SSSR count). The van der Waals surface area contributed by atoms with Crippen LogP contribution in [0.25, 0.3) is 0 Å². The summed E-state index contributed by atoms with van der Waals surface area (Å²) >= 11 is 0. The van der Waals surface area contributed by atoms with E-state index >= 15 is 0 Å². The molecule has 0 aliphatic carbocycles. The van der Waals surface area contributed by atoms with Crippen LogP contribution in [0.15, 0.2) is 24.3 Å². The van der Waals surface area contributed by atoms with E-state index in [2.05, 4.69) is 39.8 Å². The van der Waals surface area contributed by atoms with Crippen molar-refractivity contribution in [2.24, 2.45) is 5.92 Å². The van der Waals surface area contributed by atoms with Crippen molar-refractivity contribution in [3.8, 4) is 0 Å². The van der Waals surface area contributed by atoms with Crippen LogP contribution in [0.2, 0.25) is 0 Å². The number of rotatable bonds is 5. The van der Waals surface area contributed by atoms with Crippen molar-refractivity contribution < 1.29 is 0 Å². The molecule has 0 atom stereocenters. The van der Waals surface area contributed by atoms with E-state index in [1.54, 1.807) is 0 Å². The van der Waals surface area contributed by atoms with Gasteiger partial charge in [0.2, 0.25) is 0 Å². The van der Waals surface area contributed by atoms with Gasteiger partial charge in [-0.25, -0.2) is 0 Å². The van der Waals surface area contributed by atoms with E-state index in [9.17, 15) is 0 Å². The molecule has 0 aromatic heterocycles. The number of nitrogens with zero attached hydrogens (tertiary/aromatic N) is 1. The van der Waals surface area contributed by atoms with E-state index in [0.717, 1.165) is 19.0 Å². The van der Waals surface area contributed by atoms with Crippen LogP contribution in [0, 0.1) is 5.92 Å². The van der Waals surface area contributed by atoms with Crippen LogP contribution < -0.4 is 10.6 Å². The number of nitrogens with one attached hydrogen (secondary N) is 2. The number of anilines is 1. The molecule has 20 heavy (non-hydrogen) atoms. The molecular weight excluding hydrogens is 246 g/mol. The molecule has 2 saturated heterocycles. The Bertz CT molecular complexity index is 406. The first-order valence-electron chi connectivity index (χ1n) is 8.16. The molecule has 0 spiro atoms. The van der Waals surface area contributed by atoms with Gasteiger partial charge in [0, 0.05) is 18.8 Å². The van der Waals surface area contributed by atoms with E-state index < -0.39 is 0 Å². The Labute approximate surface area is 122 Å². The Morgan fingerprint density at radius 2 is 1.95 bits per heavy atom. The summed E-state index contributed by atoms with van der Waals surface area (Å²) in [6.07, 6.45) is 5.35. The quantitative estimate of drug-likeness (QED) is 0.864. The summed E-state index contributed by atoms with van der Waals surface area (Å²) in [7, 11) is 0. The van der Waals surface area contributed by atoms with Crippen molar-refractivity contribution >= 4 is 5.69 Å². The summed E-state index contributed by atoms with van der Waals surface area (Å²) in [6, 6.07) is 8.98. The van der Waals surface area contributed by atoms with Gasteiger partial charge in [-0.2, -0.15) is 0 Å². The number of hydrogen-bond donors (Lipinski definition) is 2. The predicted octanol–water partition coefficient (Wildman–Crippen LogP) is 2.69. The molecule has 0 saturated carbocycles. The van der Waals surface area contributed by atoms with E-state index in [1.165, 1.54) is 63.1 Å². The maximum atomic E-state index is 3.63. The fourth-order valence-corrected chi connectivity index (χ4v) is 3.33. The van der Waals surface area contributed by atoms with Gasteiger partial charge in [0.05, 0.1) is 0 Å². The molecule has 0 unspecified atom stereocenters. The molecule has 1 aromatic carbocycles. The average molecular weight is 273 g/mol. The zero-order valence-corrected chi connectivity index (χ0v) is 12.4. The SMILES string of the molecule is c1cc(CN2CCCC2)cc(NCC2CCNCC2)c1. The third kappa shape index (κ3) is 3.97. The van der Waals surface area contributed by atoms with E-state index in [0.29, 0.717) is 0 Å². The van der Waals surface area contributed by atoms with Crippen molar-refractivity contribution in [1.82, 2.24) is 10.2 Å². The number of piperidine rings is 1. The molecule has 110 valence electrons. The Balaban J connectivity index is 1.50. The lowest BCUT2D eigenvalue weighted by Crippen LogP contribution is -2.31. The average Bonchev–Trinajstić information content (AvgIpc) is 3.00. The highest BCUT2D eigenvalue weighted by Crippen LogP contribution is 2.18. The molecule has 2 N–H and O–H groups in total. The molecule has 2 heterocycles. The van der Waals surface area contributed by atoms with E-state index in [-0.39, 0.29) is 0 Å². The molecule has 0 bridgehead atoms. The first kappa shape index (κ1) is 13.9. The van der Waals surface area contributed by atoms with Gasteiger partial charge in [-0.1, -0.05) is 12.1 Å².